The van der Waals surface area contributed by atoms with Gasteiger partial charge in [0, 0.05) is 22.8 Å². The Morgan fingerprint density at radius 1 is 1.48 bits per heavy atom. The van der Waals surface area contributed by atoms with Crippen molar-refractivity contribution in [3.05, 3.63) is 34.9 Å². The highest BCUT2D eigenvalue weighted by Gasteiger charge is 2.08. The maximum Gasteiger partial charge on any atom is 0.229 e. The van der Waals surface area contributed by atoms with Gasteiger partial charge in [0.15, 0.2) is 0 Å². The Hall–Kier alpha value is -1.38. The number of hydrogen-bond acceptors (Lipinski definition) is 6. The van der Waals surface area contributed by atoms with E-state index >= 15 is 0 Å². The third-order valence-corrected chi connectivity index (χ3v) is 3.59. The smallest absolute Gasteiger partial charge is 0.229 e. The summed E-state index contributed by atoms with van der Waals surface area (Å²) >= 11 is 3.53. The lowest BCUT2D eigenvalue weighted by Crippen LogP contribution is -2.20. The Balaban J connectivity index is 2.18. The third kappa shape index (κ3) is 4.55. The van der Waals surface area contributed by atoms with Crippen LogP contribution in [0.5, 0.6) is 0 Å². The zero-order valence-electron chi connectivity index (χ0n) is 11.2. The fraction of sp³-hybridized carbons (Fsp3) is 0.231. The Labute approximate surface area is 134 Å². The molecule has 0 bridgehead atoms. The first-order valence-electron chi connectivity index (χ1n) is 6.18. The molecule has 0 aliphatic heterocycles. The van der Waals surface area contributed by atoms with E-state index in [1.807, 2.05) is 6.92 Å². The molecule has 0 aliphatic rings. The van der Waals surface area contributed by atoms with Crippen LogP contribution in [0.4, 0.5) is 21.3 Å². The van der Waals surface area contributed by atoms with Gasteiger partial charge in [0.1, 0.15) is 5.82 Å². The molecule has 112 valence electrons. The second-order valence-electron chi connectivity index (χ2n) is 4.35. The van der Waals surface area contributed by atoms with Crippen LogP contribution in [0.1, 0.15) is 6.92 Å². The molecule has 0 unspecified atom stereocenters. The van der Waals surface area contributed by atoms with Gasteiger partial charge in [-0.05, 0) is 41.1 Å². The van der Waals surface area contributed by atoms with Crippen molar-refractivity contribution in [2.45, 2.75) is 17.9 Å². The maximum atomic E-state index is 12.6. The number of nitrogens with one attached hydrogen (secondary N) is 2. The van der Waals surface area contributed by atoms with Gasteiger partial charge in [-0.25, -0.2) is 4.98 Å². The quantitative estimate of drug-likeness (QED) is 0.717. The van der Waals surface area contributed by atoms with Crippen molar-refractivity contribution in [1.82, 2.24) is 9.97 Å². The van der Waals surface area contributed by atoms with Crippen molar-refractivity contribution < 1.29 is 8.99 Å². The molecule has 2 rings (SSSR count). The molecule has 0 saturated carbocycles. The lowest BCUT2D eigenvalue weighted by atomic mass is 10.3. The molecule has 0 spiro atoms. The van der Waals surface area contributed by atoms with Gasteiger partial charge in [-0.1, -0.05) is 6.07 Å². The second kappa shape index (κ2) is 7.58. The van der Waals surface area contributed by atoms with Crippen molar-refractivity contribution in [1.29, 1.82) is 0 Å². The average molecular weight is 373 g/mol. The highest BCUT2D eigenvalue weighted by atomic mass is 79.9. The van der Waals surface area contributed by atoms with Crippen LogP contribution in [0.15, 0.2) is 39.8 Å². The largest absolute Gasteiger partial charge is 0.394 e. The van der Waals surface area contributed by atoms with Crippen molar-refractivity contribution in [2.24, 2.45) is 0 Å². The molecule has 1 heterocycles. The van der Waals surface area contributed by atoms with E-state index in [4.69, 9.17) is 5.11 Å². The topological polar surface area (TPSA) is 70.1 Å². The number of aliphatic hydroxyl groups excluding tert-OH is 1. The minimum Gasteiger partial charge on any atom is -0.394 e. The van der Waals surface area contributed by atoms with Gasteiger partial charge in [-0.2, -0.15) is 8.87 Å². The van der Waals surface area contributed by atoms with E-state index in [0.29, 0.717) is 26.8 Å². The molecule has 0 fully saturated rings. The third-order valence-electron chi connectivity index (χ3n) is 2.58. The molecule has 21 heavy (non-hydrogen) atoms. The van der Waals surface area contributed by atoms with Crippen LogP contribution >= 0.6 is 28.1 Å². The van der Waals surface area contributed by atoms with Crippen LogP contribution in [-0.2, 0) is 0 Å². The Bertz CT molecular complexity index is 616. The number of nitrogens with zero attached hydrogens (tertiary/aromatic N) is 2. The fourth-order valence-corrected chi connectivity index (χ4v) is 2.17. The predicted molar refractivity (Wildman–Crippen MR) is 86.6 cm³/mol. The highest BCUT2D eigenvalue weighted by molar-refractivity contribution is 9.10. The van der Waals surface area contributed by atoms with E-state index in [9.17, 15) is 3.89 Å². The van der Waals surface area contributed by atoms with E-state index in [1.54, 1.807) is 30.5 Å². The van der Waals surface area contributed by atoms with E-state index in [-0.39, 0.29) is 24.8 Å². The summed E-state index contributed by atoms with van der Waals surface area (Å²) in [7, 11) is 0. The summed E-state index contributed by atoms with van der Waals surface area (Å²) in [5, 5.41) is 15.1. The number of rotatable bonds is 6. The first-order chi connectivity index (χ1) is 10.1. The van der Waals surface area contributed by atoms with Crippen LogP contribution in [0, 0.1) is 0 Å². The molecule has 2 aromatic rings. The molecule has 1 atom stereocenters. The van der Waals surface area contributed by atoms with Crippen LogP contribution < -0.4 is 10.6 Å². The zero-order valence-corrected chi connectivity index (χ0v) is 13.6. The SMILES string of the molecule is C[C@H](CO)Nc1nc(Nc2cccc(SF)c2)ncc1Br. The summed E-state index contributed by atoms with van der Waals surface area (Å²) in [6.45, 7) is 1.83. The first-order valence-corrected chi connectivity index (χ1v) is 7.69. The van der Waals surface area contributed by atoms with Crippen molar-refractivity contribution in [2.75, 3.05) is 17.2 Å². The Morgan fingerprint density at radius 2 is 2.29 bits per heavy atom. The van der Waals surface area contributed by atoms with Gasteiger partial charge in [-0.15, -0.1) is 0 Å². The summed E-state index contributed by atoms with van der Waals surface area (Å²) in [4.78, 5) is 8.97. The number of aliphatic hydroxyl groups is 1. The summed E-state index contributed by atoms with van der Waals surface area (Å²) in [5.74, 6) is 0.955. The van der Waals surface area contributed by atoms with Crippen LogP contribution in [-0.4, -0.2) is 27.7 Å². The predicted octanol–water partition coefficient (Wildman–Crippen LogP) is 3.75. The molecule has 5 nitrogen and oxygen atoms in total. The van der Waals surface area contributed by atoms with Crippen molar-refractivity contribution in [3.8, 4) is 0 Å². The van der Waals surface area contributed by atoms with Crippen LogP contribution in [0.25, 0.3) is 0 Å². The molecule has 0 saturated heterocycles. The van der Waals surface area contributed by atoms with Gasteiger partial charge in [0.05, 0.1) is 23.2 Å². The summed E-state index contributed by atoms with van der Waals surface area (Å²) in [6, 6.07) is 6.76. The molecule has 1 aromatic carbocycles. The van der Waals surface area contributed by atoms with Gasteiger partial charge in [0.25, 0.3) is 0 Å². The molecule has 0 aliphatic carbocycles. The lowest BCUT2D eigenvalue weighted by molar-refractivity contribution is 0.281. The molecular formula is C13H14BrFN4OS. The van der Waals surface area contributed by atoms with Crippen LogP contribution in [0.2, 0.25) is 0 Å². The van der Waals surface area contributed by atoms with Gasteiger partial charge in [0.2, 0.25) is 5.95 Å². The fourth-order valence-electron chi connectivity index (χ4n) is 1.56. The monoisotopic (exact) mass is 372 g/mol. The molecular weight excluding hydrogens is 359 g/mol. The van der Waals surface area contributed by atoms with E-state index in [2.05, 4.69) is 36.5 Å². The maximum absolute atomic E-state index is 12.6. The van der Waals surface area contributed by atoms with Gasteiger partial charge < -0.3 is 15.7 Å². The molecule has 8 heteroatoms. The van der Waals surface area contributed by atoms with Crippen LogP contribution in [0.3, 0.4) is 0 Å². The van der Waals surface area contributed by atoms with Gasteiger partial charge >= 0.3 is 0 Å². The highest BCUT2D eigenvalue weighted by Crippen LogP contribution is 2.25. The minimum atomic E-state index is -0.129. The van der Waals surface area contributed by atoms with E-state index in [0.717, 1.165) is 0 Å². The standard InChI is InChI=1S/C13H14BrFN4OS/c1-8(7-20)17-12-11(14)6-16-13(19-12)18-9-3-2-4-10(5-9)21-15/h2-6,8,20H,7H2,1H3,(H2,16,17,18,19)/t8-/m1/s1. The van der Waals surface area contributed by atoms with Gasteiger partial charge in [-0.3, -0.25) is 0 Å². The number of benzene rings is 1. The average Bonchev–Trinajstić information content (AvgIpc) is 2.50. The summed E-state index contributed by atoms with van der Waals surface area (Å²) in [5.41, 5.74) is 0.695. The number of aromatic nitrogens is 2. The first kappa shape index (κ1) is 16.0. The number of anilines is 3. The molecule has 0 amide bonds. The summed E-state index contributed by atoms with van der Waals surface area (Å²) in [6.07, 6.45) is 1.61. The Kier molecular flexibility index (Phi) is 5.77. The van der Waals surface area contributed by atoms with Crippen molar-refractivity contribution in [3.63, 3.8) is 0 Å². The van der Waals surface area contributed by atoms with E-state index < -0.39 is 0 Å². The molecule has 1 aromatic heterocycles. The molecule has 3 N–H and O–H groups in total. The van der Waals surface area contributed by atoms with E-state index in [1.165, 1.54) is 0 Å². The lowest BCUT2D eigenvalue weighted by Gasteiger charge is -2.14. The zero-order chi connectivity index (χ0) is 15.2. The molecule has 0 radical (unpaired) electrons. The van der Waals surface area contributed by atoms with Crippen molar-refractivity contribution >= 4 is 45.5 Å². The minimum absolute atomic E-state index is 0.00499. The Morgan fingerprint density at radius 3 is 3.00 bits per heavy atom. The normalized spacial score (nSPS) is 12.0. The second-order valence-corrected chi connectivity index (χ2v) is 5.83. The summed E-state index contributed by atoms with van der Waals surface area (Å²) < 4.78 is 13.3. The number of halogens is 2. The number of hydrogen-bond donors (Lipinski definition) is 3.